The fraction of sp³-hybridized carbons (Fsp3) is 0. The molecule has 2 heterocycles. The average Bonchev–Trinajstić information content (AvgIpc) is 2.19. The summed E-state index contributed by atoms with van der Waals surface area (Å²) >= 11 is 2.20. The van der Waals surface area contributed by atoms with Gasteiger partial charge in [-0.05, 0) is 46.4 Å². The maximum Gasteiger partial charge on any atom is 0.101 e. The van der Waals surface area contributed by atoms with Crippen LogP contribution < -0.4 is 0 Å². The van der Waals surface area contributed by atoms with Crippen LogP contribution in [-0.2, 0) is 0 Å². The van der Waals surface area contributed by atoms with Crippen LogP contribution in [0.25, 0.3) is 11.1 Å². The topological polar surface area (TPSA) is 25.8 Å². The number of hydrogen-bond acceptors (Lipinski definition) is 2. The number of hydrogen-bond donors (Lipinski definition) is 0. The van der Waals surface area contributed by atoms with Gasteiger partial charge in [0.15, 0.2) is 0 Å². The zero-order valence-corrected chi connectivity index (χ0v) is 8.97. The molecule has 0 atom stereocenters. The van der Waals surface area contributed by atoms with E-state index in [0.29, 0.717) is 0 Å². The lowest BCUT2D eigenvalue weighted by molar-refractivity contribution is 1.26. The molecule has 0 saturated heterocycles. The zero-order valence-electron chi connectivity index (χ0n) is 6.81. The lowest BCUT2D eigenvalue weighted by atomic mass is 10.1. The Bertz CT molecular complexity index is 401. The van der Waals surface area contributed by atoms with E-state index in [0.717, 1.165) is 14.8 Å². The SMILES string of the molecule is Ic1cc(-c2cccnc2)ccn1. The third kappa shape index (κ3) is 2.03. The second kappa shape index (κ2) is 3.83. The smallest absolute Gasteiger partial charge is 0.101 e. The molecule has 0 spiro atoms. The van der Waals surface area contributed by atoms with E-state index in [1.54, 1.807) is 6.20 Å². The molecule has 0 aliphatic carbocycles. The minimum absolute atomic E-state index is 0.999. The van der Waals surface area contributed by atoms with Gasteiger partial charge in [0.2, 0.25) is 0 Å². The first-order valence-corrected chi connectivity index (χ1v) is 4.96. The Morgan fingerprint density at radius 2 is 2.00 bits per heavy atom. The molecule has 0 aromatic carbocycles. The molecular weight excluding hydrogens is 275 g/mol. The number of halogens is 1. The van der Waals surface area contributed by atoms with Crippen molar-refractivity contribution in [1.82, 2.24) is 9.97 Å². The van der Waals surface area contributed by atoms with Crippen LogP contribution in [-0.4, -0.2) is 9.97 Å². The molecule has 0 radical (unpaired) electrons. The largest absolute Gasteiger partial charge is 0.264 e. The van der Waals surface area contributed by atoms with Crippen LogP contribution in [0.1, 0.15) is 0 Å². The third-order valence-electron chi connectivity index (χ3n) is 1.72. The molecule has 2 nitrogen and oxygen atoms in total. The zero-order chi connectivity index (χ0) is 9.10. The van der Waals surface area contributed by atoms with Crippen molar-refractivity contribution in [2.75, 3.05) is 0 Å². The van der Waals surface area contributed by atoms with Crippen LogP contribution in [0, 0.1) is 3.70 Å². The quantitative estimate of drug-likeness (QED) is 0.593. The molecule has 3 heteroatoms. The van der Waals surface area contributed by atoms with Crippen molar-refractivity contribution in [3.8, 4) is 11.1 Å². The summed E-state index contributed by atoms with van der Waals surface area (Å²) in [6.07, 6.45) is 5.44. The third-order valence-corrected chi connectivity index (χ3v) is 2.31. The molecule has 64 valence electrons. The first-order valence-electron chi connectivity index (χ1n) is 3.88. The maximum atomic E-state index is 4.13. The molecule has 2 aromatic heterocycles. The van der Waals surface area contributed by atoms with E-state index in [9.17, 15) is 0 Å². The Morgan fingerprint density at radius 3 is 2.69 bits per heavy atom. The van der Waals surface area contributed by atoms with Crippen molar-refractivity contribution < 1.29 is 0 Å². The van der Waals surface area contributed by atoms with E-state index in [1.165, 1.54) is 0 Å². The van der Waals surface area contributed by atoms with Crippen LogP contribution in [0.2, 0.25) is 0 Å². The molecule has 0 unspecified atom stereocenters. The summed E-state index contributed by atoms with van der Waals surface area (Å²) in [5.74, 6) is 0. The summed E-state index contributed by atoms with van der Waals surface area (Å²) < 4.78 is 0.999. The molecule has 0 saturated carbocycles. The summed E-state index contributed by atoms with van der Waals surface area (Å²) in [5.41, 5.74) is 2.29. The number of rotatable bonds is 1. The van der Waals surface area contributed by atoms with Gasteiger partial charge < -0.3 is 0 Å². The molecule has 0 amide bonds. The minimum Gasteiger partial charge on any atom is -0.264 e. The van der Waals surface area contributed by atoms with Gasteiger partial charge in [0, 0.05) is 24.2 Å². The summed E-state index contributed by atoms with van der Waals surface area (Å²) in [4.78, 5) is 8.20. The lowest BCUT2D eigenvalue weighted by Gasteiger charge is -1.99. The predicted molar refractivity (Wildman–Crippen MR) is 60.2 cm³/mol. The van der Waals surface area contributed by atoms with Gasteiger partial charge >= 0.3 is 0 Å². The number of nitrogens with zero attached hydrogens (tertiary/aromatic N) is 2. The van der Waals surface area contributed by atoms with E-state index in [-0.39, 0.29) is 0 Å². The Balaban J connectivity index is 2.48. The van der Waals surface area contributed by atoms with Crippen molar-refractivity contribution in [2.45, 2.75) is 0 Å². The molecule has 0 fully saturated rings. The van der Waals surface area contributed by atoms with Gasteiger partial charge in [0.05, 0.1) is 0 Å². The van der Waals surface area contributed by atoms with Crippen molar-refractivity contribution in [3.05, 3.63) is 46.6 Å². The van der Waals surface area contributed by atoms with Crippen LogP contribution >= 0.6 is 22.6 Å². The highest BCUT2D eigenvalue weighted by Crippen LogP contribution is 2.18. The van der Waals surface area contributed by atoms with E-state index < -0.39 is 0 Å². The summed E-state index contributed by atoms with van der Waals surface area (Å²) in [6, 6.07) is 8.00. The van der Waals surface area contributed by atoms with Crippen molar-refractivity contribution in [2.24, 2.45) is 0 Å². The van der Waals surface area contributed by atoms with Crippen molar-refractivity contribution in [1.29, 1.82) is 0 Å². The van der Waals surface area contributed by atoms with Gasteiger partial charge in [-0.2, -0.15) is 0 Å². The van der Waals surface area contributed by atoms with Crippen molar-refractivity contribution >= 4 is 22.6 Å². The highest BCUT2D eigenvalue weighted by Gasteiger charge is 1.96. The van der Waals surface area contributed by atoms with E-state index in [2.05, 4.69) is 32.6 Å². The van der Waals surface area contributed by atoms with Gasteiger partial charge in [-0.1, -0.05) is 6.07 Å². The summed E-state index contributed by atoms with van der Waals surface area (Å²) in [5, 5.41) is 0. The maximum absolute atomic E-state index is 4.13. The van der Waals surface area contributed by atoms with Crippen LogP contribution in [0.15, 0.2) is 42.9 Å². The van der Waals surface area contributed by atoms with Crippen molar-refractivity contribution in [3.63, 3.8) is 0 Å². The fourth-order valence-electron chi connectivity index (χ4n) is 1.12. The molecule has 0 aliphatic heterocycles. The summed E-state index contributed by atoms with van der Waals surface area (Å²) in [7, 11) is 0. The van der Waals surface area contributed by atoms with E-state index in [1.807, 2.05) is 36.7 Å². The first kappa shape index (κ1) is 8.62. The molecule has 0 aliphatic rings. The van der Waals surface area contributed by atoms with Gasteiger partial charge in [-0.15, -0.1) is 0 Å². The summed E-state index contributed by atoms with van der Waals surface area (Å²) in [6.45, 7) is 0. The Labute approximate surface area is 90.2 Å². The highest BCUT2D eigenvalue weighted by atomic mass is 127. The number of pyridine rings is 2. The Kier molecular flexibility index (Phi) is 2.54. The predicted octanol–water partition coefficient (Wildman–Crippen LogP) is 2.75. The lowest BCUT2D eigenvalue weighted by Crippen LogP contribution is -1.82. The first-order chi connectivity index (χ1) is 6.36. The van der Waals surface area contributed by atoms with E-state index in [4.69, 9.17) is 0 Å². The normalized spacial score (nSPS) is 9.92. The second-order valence-electron chi connectivity index (χ2n) is 2.61. The molecule has 2 rings (SSSR count). The van der Waals surface area contributed by atoms with E-state index >= 15 is 0 Å². The highest BCUT2D eigenvalue weighted by molar-refractivity contribution is 14.1. The van der Waals surface area contributed by atoms with Gasteiger partial charge in [-0.25, -0.2) is 0 Å². The molecule has 2 aromatic rings. The second-order valence-corrected chi connectivity index (χ2v) is 3.71. The van der Waals surface area contributed by atoms with Gasteiger partial charge in [0.1, 0.15) is 3.70 Å². The molecule has 13 heavy (non-hydrogen) atoms. The van der Waals surface area contributed by atoms with Crippen LogP contribution in [0.4, 0.5) is 0 Å². The standard InChI is InChI=1S/C10H7IN2/c11-10-6-8(3-5-13-10)9-2-1-4-12-7-9/h1-7H. The van der Waals surface area contributed by atoms with Crippen LogP contribution in [0.5, 0.6) is 0 Å². The Hall–Kier alpha value is -0.970. The molecule has 0 bridgehead atoms. The Morgan fingerprint density at radius 1 is 1.08 bits per heavy atom. The molecule has 0 N–H and O–H groups in total. The van der Waals surface area contributed by atoms with Gasteiger partial charge in [-0.3, -0.25) is 9.97 Å². The molecular formula is C10H7IN2. The minimum atomic E-state index is 0.999. The number of aromatic nitrogens is 2. The van der Waals surface area contributed by atoms with Crippen LogP contribution in [0.3, 0.4) is 0 Å². The average molecular weight is 282 g/mol. The van der Waals surface area contributed by atoms with Gasteiger partial charge in [0.25, 0.3) is 0 Å². The monoisotopic (exact) mass is 282 g/mol. The fourth-order valence-corrected chi connectivity index (χ4v) is 1.61.